The summed E-state index contributed by atoms with van der Waals surface area (Å²) in [5, 5.41) is 0. The van der Waals surface area contributed by atoms with Crippen LogP contribution in [0.3, 0.4) is 0 Å². The molecule has 0 aliphatic heterocycles. The monoisotopic (exact) mass is 312 g/mol. The van der Waals surface area contributed by atoms with Crippen molar-refractivity contribution in [2.24, 2.45) is 0 Å². The van der Waals surface area contributed by atoms with E-state index < -0.39 is 6.61 Å². The molecule has 21 heavy (non-hydrogen) atoms. The number of benzene rings is 1. The van der Waals surface area contributed by atoms with E-state index in [1.807, 2.05) is 6.07 Å². The van der Waals surface area contributed by atoms with Crippen molar-refractivity contribution in [2.75, 3.05) is 12.8 Å². The molecule has 0 aliphatic rings. The number of anilines is 1. The first kappa shape index (κ1) is 15.4. The van der Waals surface area contributed by atoms with Crippen molar-refractivity contribution in [3.05, 3.63) is 42.1 Å². The predicted molar refractivity (Wildman–Crippen MR) is 77.8 cm³/mol. The fourth-order valence-electron chi connectivity index (χ4n) is 1.64. The topological polar surface area (TPSA) is 57.4 Å². The Balaban J connectivity index is 2.05. The number of thioether (sulfide) groups is 1. The molecule has 0 bridgehead atoms. The van der Waals surface area contributed by atoms with Crippen LogP contribution in [0.15, 0.2) is 41.4 Å². The molecule has 7 heteroatoms. The highest BCUT2D eigenvalue weighted by atomic mass is 32.2. The molecule has 2 aromatic rings. The van der Waals surface area contributed by atoms with E-state index in [0.29, 0.717) is 11.6 Å². The molecule has 2 rings (SSSR count). The number of rotatable bonds is 6. The number of nitrogens with two attached hydrogens (primary N) is 1. The Morgan fingerprint density at radius 2 is 2.05 bits per heavy atom. The average molecular weight is 312 g/mol. The molecular formula is C14H14F2N2O2S. The van der Waals surface area contributed by atoms with Gasteiger partial charge in [0.2, 0.25) is 0 Å². The first-order valence-electron chi connectivity index (χ1n) is 6.04. The molecule has 0 saturated carbocycles. The van der Waals surface area contributed by atoms with Crippen LogP contribution in [0.25, 0.3) is 0 Å². The highest BCUT2D eigenvalue weighted by Crippen LogP contribution is 2.32. The molecule has 0 saturated heterocycles. The number of alkyl halides is 2. The van der Waals surface area contributed by atoms with Crippen LogP contribution in [0.5, 0.6) is 11.5 Å². The molecule has 4 nitrogen and oxygen atoms in total. The van der Waals surface area contributed by atoms with Crippen molar-refractivity contribution in [1.82, 2.24) is 4.98 Å². The van der Waals surface area contributed by atoms with Gasteiger partial charge in [0.05, 0.1) is 7.11 Å². The Kier molecular flexibility index (Phi) is 5.21. The molecule has 1 aromatic heterocycles. The Labute approximate surface area is 125 Å². The van der Waals surface area contributed by atoms with E-state index in [1.165, 1.54) is 13.2 Å². The minimum atomic E-state index is -2.88. The summed E-state index contributed by atoms with van der Waals surface area (Å²) in [5.74, 6) is 1.42. The van der Waals surface area contributed by atoms with Gasteiger partial charge in [-0.05, 0) is 29.8 Å². The van der Waals surface area contributed by atoms with Crippen molar-refractivity contribution in [3.63, 3.8) is 0 Å². The minimum Gasteiger partial charge on any atom is -0.493 e. The number of methoxy groups -OCH3 is 1. The van der Waals surface area contributed by atoms with Crippen LogP contribution in [0.4, 0.5) is 14.6 Å². The predicted octanol–water partition coefficient (Wildman–Crippen LogP) is 3.57. The third-order valence-electron chi connectivity index (χ3n) is 2.61. The van der Waals surface area contributed by atoms with Crippen LogP contribution < -0.4 is 15.2 Å². The lowest BCUT2D eigenvalue weighted by atomic mass is 10.2. The van der Waals surface area contributed by atoms with Gasteiger partial charge >= 0.3 is 6.61 Å². The van der Waals surface area contributed by atoms with E-state index in [2.05, 4.69) is 9.72 Å². The number of hydrogen-bond acceptors (Lipinski definition) is 5. The first-order valence-corrected chi connectivity index (χ1v) is 7.03. The summed E-state index contributed by atoms with van der Waals surface area (Å²) in [6.07, 6.45) is 1.69. The van der Waals surface area contributed by atoms with Crippen molar-refractivity contribution in [1.29, 1.82) is 0 Å². The standard InChI is InChI=1S/C14H14F2N2O2S/c1-19-12-6-9(2-4-11(12)20-14(15)16)8-21-10-3-5-13(17)18-7-10/h2-7,14H,8H2,1H3,(H2,17,18). The molecule has 2 N–H and O–H groups in total. The largest absolute Gasteiger partial charge is 0.493 e. The second-order valence-corrected chi connectivity index (χ2v) is 5.12. The van der Waals surface area contributed by atoms with Crippen molar-refractivity contribution in [2.45, 2.75) is 17.3 Å². The zero-order valence-electron chi connectivity index (χ0n) is 11.3. The molecular weight excluding hydrogens is 298 g/mol. The highest BCUT2D eigenvalue weighted by Gasteiger charge is 2.11. The lowest BCUT2D eigenvalue weighted by molar-refractivity contribution is -0.0512. The number of pyridine rings is 1. The zero-order chi connectivity index (χ0) is 15.2. The van der Waals surface area contributed by atoms with Gasteiger partial charge in [0, 0.05) is 16.8 Å². The molecule has 0 spiro atoms. The average Bonchev–Trinajstić information content (AvgIpc) is 2.47. The summed E-state index contributed by atoms with van der Waals surface area (Å²) < 4.78 is 33.9. The Bertz CT molecular complexity index is 594. The van der Waals surface area contributed by atoms with E-state index in [0.717, 1.165) is 10.5 Å². The number of hydrogen-bond donors (Lipinski definition) is 1. The van der Waals surface area contributed by atoms with Gasteiger partial charge in [-0.1, -0.05) is 6.07 Å². The van der Waals surface area contributed by atoms with Crippen molar-refractivity contribution in [3.8, 4) is 11.5 Å². The van der Waals surface area contributed by atoms with Crippen LogP contribution in [-0.2, 0) is 5.75 Å². The Morgan fingerprint density at radius 3 is 2.67 bits per heavy atom. The fraction of sp³-hybridized carbons (Fsp3) is 0.214. The van der Waals surface area contributed by atoms with Gasteiger partial charge in [-0.25, -0.2) is 4.98 Å². The second kappa shape index (κ2) is 7.12. The Morgan fingerprint density at radius 1 is 1.24 bits per heavy atom. The summed E-state index contributed by atoms with van der Waals surface area (Å²) in [5.41, 5.74) is 6.44. The lowest BCUT2D eigenvalue weighted by Gasteiger charge is -2.11. The van der Waals surface area contributed by atoms with Gasteiger partial charge in [-0.3, -0.25) is 0 Å². The molecule has 0 radical (unpaired) electrons. The maximum absolute atomic E-state index is 12.2. The summed E-state index contributed by atoms with van der Waals surface area (Å²) >= 11 is 1.56. The Hall–Kier alpha value is -2.02. The number of nitrogen functional groups attached to an aromatic ring is 1. The molecule has 0 amide bonds. The van der Waals surface area contributed by atoms with E-state index in [1.54, 1.807) is 36.2 Å². The normalized spacial score (nSPS) is 10.7. The SMILES string of the molecule is COc1cc(CSc2ccc(N)nc2)ccc1OC(F)F. The summed E-state index contributed by atoms with van der Waals surface area (Å²) in [4.78, 5) is 4.97. The highest BCUT2D eigenvalue weighted by molar-refractivity contribution is 7.98. The fourth-order valence-corrected chi connectivity index (χ4v) is 2.44. The summed E-state index contributed by atoms with van der Waals surface area (Å²) in [7, 11) is 1.41. The maximum Gasteiger partial charge on any atom is 0.387 e. The van der Waals surface area contributed by atoms with Crippen LogP contribution >= 0.6 is 11.8 Å². The zero-order valence-corrected chi connectivity index (χ0v) is 12.1. The van der Waals surface area contributed by atoms with Gasteiger partial charge < -0.3 is 15.2 Å². The summed E-state index contributed by atoms with van der Waals surface area (Å²) in [6, 6.07) is 8.47. The van der Waals surface area contributed by atoms with Crippen molar-refractivity contribution < 1.29 is 18.3 Å². The van der Waals surface area contributed by atoms with Crippen molar-refractivity contribution >= 4 is 17.6 Å². The first-order chi connectivity index (χ1) is 10.1. The minimum absolute atomic E-state index is 0.0235. The molecule has 1 aromatic carbocycles. The van der Waals surface area contributed by atoms with E-state index in [4.69, 9.17) is 10.5 Å². The molecule has 0 unspecified atom stereocenters. The van der Waals surface area contributed by atoms with Gasteiger partial charge in [0.15, 0.2) is 11.5 Å². The third-order valence-corrected chi connectivity index (χ3v) is 3.66. The molecule has 0 fully saturated rings. The third kappa shape index (κ3) is 4.49. The molecule has 0 atom stereocenters. The van der Waals surface area contributed by atoms with E-state index in [9.17, 15) is 8.78 Å². The maximum atomic E-state index is 12.2. The van der Waals surface area contributed by atoms with Crippen LogP contribution in [0.1, 0.15) is 5.56 Å². The van der Waals surface area contributed by atoms with E-state index >= 15 is 0 Å². The van der Waals surface area contributed by atoms with E-state index in [-0.39, 0.29) is 11.5 Å². The summed E-state index contributed by atoms with van der Waals surface area (Å²) in [6.45, 7) is -2.88. The smallest absolute Gasteiger partial charge is 0.387 e. The second-order valence-electron chi connectivity index (χ2n) is 4.07. The number of aromatic nitrogens is 1. The van der Waals surface area contributed by atoms with Gasteiger partial charge in [-0.2, -0.15) is 8.78 Å². The van der Waals surface area contributed by atoms with Gasteiger partial charge in [0.1, 0.15) is 5.82 Å². The number of nitrogens with zero attached hydrogens (tertiary/aromatic N) is 1. The quantitative estimate of drug-likeness (QED) is 0.826. The number of halogens is 2. The van der Waals surface area contributed by atoms with Crippen LogP contribution in [-0.4, -0.2) is 18.7 Å². The van der Waals surface area contributed by atoms with Gasteiger partial charge in [-0.15, -0.1) is 11.8 Å². The van der Waals surface area contributed by atoms with Crippen LogP contribution in [0, 0.1) is 0 Å². The molecule has 0 aliphatic carbocycles. The van der Waals surface area contributed by atoms with Crippen LogP contribution in [0.2, 0.25) is 0 Å². The lowest BCUT2D eigenvalue weighted by Crippen LogP contribution is -2.03. The molecule has 1 heterocycles. The van der Waals surface area contributed by atoms with Gasteiger partial charge in [0.25, 0.3) is 0 Å². The number of ether oxygens (including phenoxy) is 2. The molecule has 112 valence electrons.